The van der Waals surface area contributed by atoms with Crippen LogP contribution in [0.2, 0.25) is 0 Å². The Hall–Kier alpha value is -0.570. The third-order valence-corrected chi connectivity index (χ3v) is 2.66. The minimum absolute atomic E-state index is 0.229. The molecule has 0 saturated carbocycles. The maximum atomic E-state index is 11.4. The summed E-state index contributed by atoms with van der Waals surface area (Å²) < 4.78 is 5.10. The van der Waals surface area contributed by atoms with E-state index in [-0.39, 0.29) is 5.97 Å². The Kier molecular flexibility index (Phi) is 10.5. The third kappa shape index (κ3) is 8.72. The zero-order valence-electron chi connectivity index (χ0n) is 10.8. The Morgan fingerprint density at radius 1 is 1.06 bits per heavy atom. The van der Waals surface area contributed by atoms with Gasteiger partial charge in [-0.25, -0.2) is 0 Å². The second kappa shape index (κ2) is 10.9. The molecule has 0 bridgehead atoms. The summed E-state index contributed by atoms with van der Waals surface area (Å²) in [5.74, 6) is -0.229. The quantitative estimate of drug-likeness (QED) is 0.463. The molecule has 0 radical (unpaired) electrons. The SMILES string of the molecule is CCCCCCC(N)C(=O)OCCCCC. The van der Waals surface area contributed by atoms with Crippen molar-refractivity contribution in [1.29, 1.82) is 0 Å². The van der Waals surface area contributed by atoms with Crippen molar-refractivity contribution < 1.29 is 9.53 Å². The first kappa shape index (κ1) is 15.4. The highest BCUT2D eigenvalue weighted by molar-refractivity contribution is 5.75. The molecule has 96 valence electrons. The third-order valence-electron chi connectivity index (χ3n) is 2.66. The zero-order chi connectivity index (χ0) is 12.2. The van der Waals surface area contributed by atoms with Gasteiger partial charge >= 0.3 is 5.97 Å². The largest absolute Gasteiger partial charge is 0.465 e. The average molecular weight is 229 g/mol. The smallest absolute Gasteiger partial charge is 0.322 e. The van der Waals surface area contributed by atoms with Gasteiger partial charge in [0.15, 0.2) is 0 Å². The van der Waals surface area contributed by atoms with Crippen LogP contribution in [0.4, 0.5) is 0 Å². The number of rotatable bonds is 10. The highest BCUT2D eigenvalue weighted by Gasteiger charge is 2.13. The summed E-state index contributed by atoms with van der Waals surface area (Å²) in [6.07, 6.45) is 8.57. The van der Waals surface area contributed by atoms with Crippen LogP contribution in [0.25, 0.3) is 0 Å². The van der Waals surface area contributed by atoms with Gasteiger partial charge in [-0.2, -0.15) is 0 Å². The van der Waals surface area contributed by atoms with Crippen molar-refractivity contribution in [2.45, 2.75) is 71.3 Å². The van der Waals surface area contributed by atoms with Crippen molar-refractivity contribution >= 4 is 5.97 Å². The van der Waals surface area contributed by atoms with Gasteiger partial charge in [0.25, 0.3) is 0 Å². The number of ether oxygens (including phenoxy) is 1. The van der Waals surface area contributed by atoms with Gasteiger partial charge in [-0.15, -0.1) is 0 Å². The molecular formula is C13H27NO2. The minimum atomic E-state index is -0.418. The van der Waals surface area contributed by atoms with E-state index in [1.807, 2.05) is 0 Å². The van der Waals surface area contributed by atoms with Gasteiger partial charge in [-0.05, 0) is 12.8 Å². The van der Waals surface area contributed by atoms with Gasteiger partial charge in [-0.1, -0.05) is 52.4 Å². The van der Waals surface area contributed by atoms with E-state index in [4.69, 9.17) is 10.5 Å². The number of hydrogen-bond donors (Lipinski definition) is 1. The standard InChI is InChI=1S/C13H27NO2/c1-3-5-7-8-10-12(14)13(15)16-11-9-6-4-2/h12H,3-11,14H2,1-2H3. The first-order valence-corrected chi connectivity index (χ1v) is 6.64. The molecule has 0 spiro atoms. The molecule has 0 aromatic heterocycles. The van der Waals surface area contributed by atoms with Crippen LogP contribution in [0.1, 0.15) is 65.2 Å². The van der Waals surface area contributed by atoms with Crippen molar-refractivity contribution in [2.75, 3.05) is 6.61 Å². The van der Waals surface area contributed by atoms with Crippen molar-refractivity contribution in [3.63, 3.8) is 0 Å². The van der Waals surface area contributed by atoms with E-state index < -0.39 is 6.04 Å². The maximum Gasteiger partial charge on any atom is 0.322 e. The molecule has 1 unspecified atom stereocenters. The predicted octanol–water partition coefficient (Wildman–Crippen LogP) is 3.02. The van der Waals surface area contributed by atoms with Gasteiger partial charge in [0.1, 0.15) is 6.04 Å². The van der Waals surface area contributed by atoms with Gasteiger partial charge in [0, 0.05) is 0 Å². The van der Waals surface area contributed by atoms with Gasteiger partial charge in [-0.3, -0.25) is 4.79 Å². The molecular weight excluding hydrogens is 202 g/mol. The second-order valence-corrected chi connectivity index (χ2v) is 4.33. The number of unbranched alkanes of at least 4 members (excludes halogenated alkanes) is 5. The molecule has 3 heteroatoms. The summed E-state index contributed by atoms with van der Waals surface area (Å²) in [7, 11) is 0. The van der Waals surface area contributed by atoms with E-state index in [2.05, 4.69) is 13.8 Å². The molecule has 0 saturated heterocycles. The van der Waals surface area contributed by atoms with E-state index in [9.17, 15) is 4.79 Å². The summed E-state index contributed by atoms with van der Waals surface area (Å²) in [6, 6.07) is -0.418. The first-order valence-electron chi connectivity index (χ1n) is 6.64. The Morgan fingerprint density at radius 2 is 1.69 bits per heavy atom. The van der Waals surface area contributed by atoms with E-state index in [1.165, 1.54) is 12.8 Å². The highest BCUT2D eigenvalue weighted by atomic mass is 16.5. The topological polar surface area (TPSA) is 52.3 Å². The zero-order valence-corrected chi connectivity index (χ0v) is 10.8. The van der Waals surface area contributed by atoms with Crippen LogP contribution in [-0.2, 0) is 9.53 Å². The molecule has 0 aliphatic carbocycles. The average Bonchev–Trinajstić information content (AvgIpc) is 2.29. The predicted molar refractivity (Wildman–Crippen MR) is 67.2 cm³/mol. The van der Waals surface area contributed by atoms with Gasteiger partial charge in [0.05, 0.1) is 6.61 Å². The molecule has 0 aromatic rings. The molecule has 0 amide bonds. The molecule has 0 fully saturated rings. The molecule has 1 atom stereocenters. The van der Waals surface area contributed by atoms with Crippen LogP contribution in [0.3, 0.4) is 0 Å². The number of nitrogens with two attached hydrogens (primary N) is 1. The Bertz CT molecular complexity index is 171. The van der Waals surface area contributed by atoms with Gasteiger partial charge in [0.2, 0.25) is 0 Å². The number of carbonyl (C=O) groups excluding carboxylic acids is 1. The van der Waals surface area contributed by atoms with Crippen LogP contribution in [0.15, 0.2) is 0 Å². The molecule has 0 rings (SSSR count). The molecule has 0 aromatic carbocycles. The van der Waals surface area contributed by atoms with E-state index in [0.717, 1.165) is 38.5 Å². The lowest BCUT2D eigenvalue weighted by Crippen LogP contribution is -2.32. The first-order chi connectivity index (χ1) is 7.72. The summed E-state index contributed by atoms with van der Waals surface area (Å²) in [4.78, 5) is 11.4. The van der Waals surface area contributed by atoms with Crippen LogP contribution in [-0.4, -0.2) is 18.6 Å². The fourth-order valence-corrected chi connectivity index (χ4v) is 1.54. The minimum Gasteiger partial charge on any atom is -0.465 e. The fourth-order valence-electron chi connectivity index (χ4n) is 1.54. The lowest BCUT2D eigenvalue weighted by Gasteiger charge is -2.11. The Balaban J connectivity index is 3.42. The summed E-state index contributed by atoms with van der Waals surface area (Å²) in [5.41, 5.74) is 5.74. The fraction of sp³-hybridized carbons (Fsp3) is 0.923. The molecule has 0 heterocycles. The van der Waals surface area contributed by atoms with Crippen molar-refractivity contribution in [3.8, 4) is 0 Å². The number of hydrogen-bond acceptors (Lipinski definition) is 3. The summed E-state index contributed by atoms with van der Waals surface area (Å²) in [5, 5.41) is 0. The highest BCUT2D eigenvalue weighted by Crippen LogP contribution is 2.05. The lowest BCUT2D eigenvalue weighted by atomic mass is 10.1. The van der Waals surface area contributed by atoms with Crippen LogP contribution < -0.4 is 5.73 Å². The molecule has 2 N–H and O–H groups in total. The number of esters is 1. The van der Waals surface area contributed by atoms with E-state index in [1.54, 1.807) is 0 Å². The molecule has 0 aliphatic heterocycles. The molecule has 16 heavy (non-hydrogen) atoms. The van der Waals surface area contributed by atoms with E-state index in [0.29, 0.717) is 6.61 Å². The Labute approximate surface area is 99.7 Å². The van der Waals surface area contributed by atoms with Crippen molar-refractivity contribution in [1.82, 2.24) is 0 Å². The second-order valence-electron chi connectivity index (χ2n) is 4.33. The number of carbonyl (C=O) groups is 1. The molecule has 0 aliphatic rings. The Morgan fingerprint density at radius 3 is 2.31 bits per heavy atom. The summed E-state index contributed by atoms with van der Waals surface area (Å²) in [6.45, 7) is 4.82. The van der Waals surface area contributed by atoms with Gasteiger partial charge < -0.3 is 10.5 Å². The van der Waals surface area contributed by atoms with Crippen LogP contribution in [0.5, 0.6) is 0 Å². The van der Waals surface area contributed by atoms with Crippen LogP contribution >= 0.6 is 0 Å². The van der Waals surface area contributed by atoms with Crippen LogP contribution in [0, 0.1) is 0 Å². The maximum absolute atomic E-state index is 11.4. The van der Waals surface area contributed by atoms with E-state index >= 15 is 0 Å². The monoisotopic (exact) mass is 229 g/mol. The van der Waals surface area contributed by atoms with Crippen molar-refractivity contribution in [3.05, 3.63) is 0 Å². The molecule has 3 nitrogen and oxygen atoms in total. The lowest BCUT2D eigenvalue weighted by molar-refractivity contribution is -0.145. The normalized spacial score (nSPS) is 12.4. The summed E-state index contributed by atoms with van der Waals surface area (Å²) >= 11 is 0. The van der Waals surface area contributed by atoms with Crippen molar-refractivity contribution in [2.24, 2.45) is 5.73 Å².